The number of hydrogen-bond acceptors (Lipinski definition) is 4. The van der Waals surface area contributed by atoms with E-state index in [9.17, 15) is 5.11 Å². The van der Waals surface area contributed by atoms with Gasteiger partial charge >= 0.3 is 0 Å². The van der Waals surface area contributed by atoms with Gasteiger partial charge in [0.25, 0.3) is 0 Å². The van der Waals surface area contributed by atoms with Crippen molar-refractivity contribution in [3.05, 3.63) is 34.6 Å². The van der Waals surface area contributed by atoms with E-state index >= 15 is 0 Å². The molecule has 0 aliphatic rings. The summed E-state index contributed by atoms with van der Waals surface area (Å²) in [5.74, 6) is 1.13. The fourth-order valence-electron chi connectivity index (χ4n) is 2.14. The minimum Gasteiger partial charge on any atom is -0.393 e. The van der Waals surface area contributed by atoms with Crippen molar-refractivity contribution in [1.82, 2.24) is 10.1 Å². The third-order valence-corrected chi connectivity index (χ3v) is 3.60. The van der Waals surface area contributed by atoms with E-state index in [-0.39, 0.29) is 11.8 Å². The lowest BCUT2D eigenvalue weighted by atomic mass is 9.91. The highest BCUT2D eigenvalue weighted by atomic mass is 79.9. The molecule has 0 spiro atoms. The number of halogens is 1. The molecule has 102 valence electrons. The summed E-state index contributed by atoms with van der Waals surface area (Å²) in [7, 11) is 0. The maximum atomic E-state index is 9.82. The Morgan fingerprint density at radius 2 is 1.79 bits per heavy atom. The minimum absolute atomic E-state index is 0.142. The highest BCUT2D eigenvalue weighted by Gasteiger charge is 2.27. The zero-order valence-electron chi connectivity index (χ0n) is 11.2. The summed E-state index contributed by atoms with van der Waals surface area (Å²) in [5, 5.41) is 13.8. The molecule has 2 rings (SSSR count). The first kappa shape index (κ1) is 14.2. The van der Waals surface area contributed by atoms with Gasteiger partial charge in [-0.3, -0.25) is 0 Å². The largest absolute Gasteiger partial charge is 0.393 e. The average molecular weight is 325 g/mol. The molecule has 2 aromatic rings. The molecule has 4 nitrogen and oxygen atoms in total. The molecule has 0 amide bonds. The monoisotopic (exact) mass is 324 g/mol. The summed E-state index contributed by atoms with van der Waals surface area (Å²) < 4.78 is 6.30. The Kier molecular flexibility index (Phi) is 4.37. The third-order valence-electron chi connectivity index (χ3n) is 3.07. The van der Waals surface area contributed by atoms with Crippen LogP contribution in [-0.4, -0.2) is 21.4 Å². The van der Waals surface area contributed by atoms with Crippen LogP contribution in [0.15, 0.2) is 33.3 Å². The Morgan fingerprint density at radius 1 is 1.16 bits per heavy atom. The summed E-state index contributed by atoms with van der Waals surface area (Å²) in [6.07, 6.45) is -0.516. The topological polar surface area (TPSA) is 59.2 Å². The predicted octanol–water partition coefficient (Wildman–Crippen LogP) is 3.62. The van der Waals surface area contributed by atoms with E-state index in [1.807, 2.05) is 38.1 Å². The molecule has 1 heterocycles. The van der Waals surface area contributed by atoms with E-state index < -0.39 is 6.10 Å². The van der Waals surface area contributed by atoms with Crippen LogP contribution in [0, 0.1) is 5.92 Å². The van der Waals surface area contributed by atoms with Crippen molar-refractivity contribution in [2.24, 2.45) is 5.92 Å². The standard InChI is InChI=1S/C14H17BrN2O2/c1-8(2)12(9(3)18)14-16-13(17-19-14)10-4-6-11(15)7-5-10/h4-9,12,18H,1-3H3. The lowest BCUT2D eigenvalue weighted by molar-refractivity contribution is 0.120. The zero-order valence-corrected chi connectivity index (χ0v) is 12.8. The van der Waals surface area contributed by atoms with Gasteiger partial charge in [-0.05, 0) is 37.1 Å². The molecule has 0 radical (unpaired) electrons. The molecule has 2 unspecified atom stereocenters. The van der Waals surface area contributed by atoms with Crippen LogP contribution in [0.3, 0.4) is 0 Å². The first-order chi connectivity index (χ1) is 8.99. The van der Waals surface area contributed by atoms with Crippen molar-refractivity contribution < 1.29 is 9.63 Å². The van der Waals surface area contributed by atoms with Crippen molar-refractivity contribution in [2.45, 2.75) is 32.8 Å². The number of rotatable bonds is 4. The molecule has 1 aromatic carbocycles. The predicted molar refractivity (Wildman–Crippen MR) is 76.7 cm³/mol. The van der Waals surface area contributed by atoms with Gasteiger partial charge in [0.05, 0.1) is 12.0 Å². The zero-order chi connectivity index (χ0) is 14.0. The van der Waals surface area contributed by atoms with Crippen LogP contribution in [0.4, 0.5) is 0 Å². The summed E-state index contributed by atoms with van der Waals surface area (Å²) in [4.78, 5) is 4.40. The molecule has 0 aliphatic carbocycles. The van der Waals surface area contributed by atoms with Crippen LogP contribution >= 0.6 is 15.9 Å². The van der Waals surface area contributed by atoms with Crippen molar-refractivity contribution in [3.63, 3.8) is 0 Å². The molecule has 1 N–H and O–H groups in total. The van der Waals surface area contributed by atoms with Gasteiger partial charge in [-0.1, -0.05) is 34.9 Å². The van der Waals surface area contributed by atoms with Crippen LogP contribution < -0.4 is 0 Å². The van der Waals surface area contributed by atoms with Gasteiger partial charge in [-0.25, -0.2) is 0 Å². The Hall–Kier alpha value is -1.20. The Labute approximate surface area is 121 Å². The highest BCUT2D eigenvalue weighted by Crippen LogP contribution is 2.28. The Morgan fingerprint density at radius 3 is 2.32 bits per heavy atom. The Balaban J connectivity index is 2.30. The number of nitrogens with zero attached hydrogens (tertiary/aromatic N) is 2. The van der Waals surface area contributed by atoms with Gasteiger partial charge in [0.2, 0.25) is 11.7 Å². The molecule has 0 saturated carbocycles. The fraction of sp³-hybridized carbons (Fsp3) is 0.429. The molecule has 0 saturated heterocycles. The van der Waals surface area contributed by atoms with Gasteiger partial charge in [-0.2, -0.15) is 4.98 Å². The molecule has 1 aromatic heterocycles. The minimum atomic E-state index is -0.516. The van der Waals surface area contributed by atoms with Crippen molar-refractivity contribution in [2.75, 3.05) is 0 Å². The quantitative estimate of drug-likeness (QED) is 0.933. The summed E-state index contributed by atoms with van der Waals surface area (Å²) >= 11 is 3.39. The SMILES string of the molecule is CC(C)C(c1nc(-c2ccc(Br)cc2)no1)C(C)O. The van der Waals surface area contributed by atoms with Crippen LogP contribution in [0.5, 0.6) is 0 Å². The molecular weight excluding hydrogens is 308 g/mol. The molecular formula is C14H17BrN2O2. The molecule has 2 atom stereocenters. The fourth-order valence-corrected chi connectivity index (χ4v) is 2.40. The van der Waals surface area contributed by atoms with Gasteiger partial charge < -0.3 is 9.63 Å². The number of aromatic nitrogens is 2. The van der Waals surface area contributed by atoms with E-state index in [2.05, 4.69) is 26.1 Å². The molecule has 19 heavy (non-hydrogen) atoms. The van der Waals surface area contributed by atoms with E-state index in [1.54, 1.807) is 6.92 Å². The van der Waals surface area contributed by atoms with Crippen LogP contribution in [0.2, 0.25) is 0 Å². The van der Waals surface area contributed by atoms with E-state index in [4.69, 9.17) is 4.52 Å². The number of aliphatic hydroxyl groups is 1. The molecule has 0 fully saturated rings. The van der Waals surface area contributed by atoms with Crippen LogP contribution in [0.1, 0.15) is 32.6 Å². The second-order valence-corrected chi connectivity index (χ2v) is 5.89. The molecule has 0 aliphatic heterocycles. The Bertz CT molecular complexity index is 527. The number of hydrogen-bond donors (Lipinski definition) is 1. The summed E-state index contributed by atoms with van der Waals surface area (Å²) in [6.45, 7) is 5.80. The maximum absolute atomic E-state index is 9.82. The second kappa shape index (κ2) is 5.84. The lowest BCUT2D eigenvalue weighted by Crippen LogP contribution is -2.20. The number of benzene rings is 1. The maximum Gasteiger partial charge on any atom is 0.232 e. The smallest absolute Gasteiger partial charge is 0.232 e. The van der Waals surface area contributed by atoms with Gasteiger partial charge in [0, 0.05) is 10.0 Å². The highest BCUT2D eigenvalue weighted by molar-refractivity contribution is 9.10. The van der Waals surface area contributed by atoms with Crippen molar-refractivity contribution in [3.8, 4) is 11.4 Å². The van der Waals surface area contributed by atoms with E-state index in [0.717, 1.165) is 10.0 Å². The summed E-state index contributed by atoms with van der Waals surface area (Å²) in [5.41, 5.74) is 0.895. The summed E-state index contributed by atoms with van der Waals surface area (Å²) in [6, 6.07) is 7.71. The lowest BCUT2D eigenvalue weighted by Gasteiger charge is -2.19. The van der Waals surface area contributed by atoms with Gasteiger partial charge in [0.1, 0.15) is 0 Å². The normalized spacial score (nSPS) is 14.6. The van der Waals surface area contributed by atoms with Gasteiger partial charge in [0.15, 0.2) is 0 Å². The van der Waals surface area contributed by atoms with Crippen molar-refractivity contribution in [1.29, 1.82) is 0 Å². The molecule has 5 heteroatoms. The van der Waals surface area contributed by atoms with E-state index in [0.29, 0.717) is 11.7 Å². The second-order valence-electron chi connectivity index (χ2n) is 4.97. The molecule has 0 bridgehead atoms. The van der Waals surface area contributed by atoms with Gasteiger partial charge in [-0.15, -0.1) is 0 Å². The van der Waals surface area contributed by atoms with Crippen LogP contribution in [0.25, 0.3) is 11.4 Å². The van der Waals surface area contributed by atoms with Crippen molar-refractivity contribution >= 4 is 15.9 Å². The first-order valence-corrected chi connectivity index (χ1v) is 7.06. The first-order valence-electron chi connectivity index (χ1n) is 6.26. The van der Waals surface area contributed by atoms with Crippen LogP contribution in [-0.2, 0) is 0 Å². The third kappa shape index (κ3) is 3.22. The number of aliphatic hydroxyl groups excluding tert-OH is 1. The average Bonchev–Trinajstić information content (AvgIpc) is 2.78. The van der Waals surface area contributed by atoms with E-state index in [1.165, 1.54) is 0 Å².